The second-order valence-electron chi connectivity index (χ2n) is 9.38. The Balaban J connectivity index is 2.16. The molecule has 0 unspecified atom stereocenters. The van der Waals surface area contributed by atoms with Gasteiger partial charge >= 0.3 is 36.0 Å². The highest BCUT2D eigenvalue weighted by molar-refractivity contribution is 5.68. The number of alkyl halides is 3. The molecular formula is C26H28F4N2O12. The van der Waals surface area contributed by atoms with Crippen molar-refractivity contribution in [3.8, 4) is 11.6 Å². The maximum atomic E-state index is 14.8. The molecule has 0 saturated carbocycles. The van der Waals surface area contributed by atoms with Gasteiger partial charge in [-0.2, -0.15) is 13.2 Å². The number of rotatable bonds is 10. The van der Waals surface area contributed by atoms with Crippen molar-refractivity contribution in [2.45, 2.75) is 70.7 Å². The van der Waals surface area contributed by atoms with Crippen molar-refractivity contribution in [2.24, 2.45) is 0 Å². The summed E-state index contributed by atoms with van der Waals surface area (Å²) in [5.74, 6) is -9.21. The molecule has 1 fully saturated rings. The number of aromatic amines is 1. The number of aliphatic hydroxyl groups is 1. The Bertz CT molecular complexity index is 1400. The van der Waals surface area contributed by atoms with Gasteiger partial charge in [0, 0.05) is 40.2 Å². The topological polar surface area (TPSA) is 182 Å². The molecule has 2 N–H and O–H groups in total. The Hall–Kier alpha value is -4.45. The van der Waals surface area contributed by atoms with Crippen LogP contribution < -0.4 is 9.47 Å². The van der Waals surface area contributed by atoms with Gasteiger partial charge in [0.05, 0.1) is 12.7 Å². The predicted molar refractivity (Wildman–Crippen MR) is 133 cm³/mol. The average molecular weight is 637 g/mol. The molecular weight excluding hydrogens is 608 g/mol. The van der Waals surface area contributed by atoms with Crippen LogP contribution in [0.4, 0.5) is 17.6 Å². The van der Waals surface area contributed by atoms with Crippen LogP contribution in [0.25, 0.3) is 0 Å². The van der Waals surface area contributed by atoms with Gasteiger partial charge in [0.1, 0.15) is 30.0 Å². The first-order chi connectivity index (χ1) is 20.4. The molecule has 3 rings (SSSR count). The fraction of sp³-hybridized carbons (Fsp3) is 0.500. The molecule has 14 nitrogen and oxygen atoms in total. The molecule has 1 aliphatic heterocycles. The number of carbonyl (C=O) groups excluding carboxylic acids is 4. The number of H-pyrrole nitrogens is 1. The normalized spacial score (nSPS) is 23.3. The van der Waals surface area contributed by atoms with Crippen molar-refractivity contribution in [2.75, 3.05) is 13.7 Å². The van der Waals surface area contributed by atoms with Gasteiger partial charge in [-0.15, -0.1) is 5.10 Å². The number of benzene rings is 1. The van der Waals surface area contributed by atoms with Crippen molar-refractivity contribution in [1.82, 2.24) is 10.2 Å². The van der Waals surface area contributed by atoms with Crippen molar-refractivity contribution in [1.29, 1.82) is 0 Å². The molecule has 44 heavy (non-hydrogen) atoms. The van der Waals surface area contributed by atoms with Crippen LogP contribution in [0.15, 0.2) is 18.2 Å². The maximum absolute atomic E-state index is 14.8. The summed E-state index contributed by atoms with van der Waals surface area (Å²) >= 11 is 0. The third-order valence-corrected chi connectivity index (χ3v) is 6.00. The number of hydrogen-bond donors (Lipinski definition) is 2. The number of aromatic nitrogens is 2. The number of esters is 4. The molecule has 0 aliphatic carbocycles. The minimum absolute atomic E-state index is 0.0813. The standard InChI is InChI=1S/C26H28F4N2O12/c1-11(33)39-10-19-20(40-12(2)34)21(41-13(3)35)23(42-14(4)36)26(37,43-19)44-24-17(22(31-32-24)25(28,29)30)8-15-6-7-16(38-5)9-18(15)27/h6-7,9,19-21,23,37H,8,10H2,1-5H3,(H,31,32)/t19-,20-,21+,23-,26+/m1/s1. The van der Waals surface area contributed by atoms with Crippen molar-refractivity contribution in [3.05, 3.63) is 40.8 Å². The Morgan fingerprint density at radius 1 is 1.00 bits per heavy atom. The highest BCUT2D eigenvalue weighted by Crippen LogP contribution is 2.40. The Kier molecular flexibility index (Phi) is 10.4. The first kappa shape index (κ1) is 34.0. The fourth-order valence-corrected chi connectivity index (χ4v) is 4.29. The van der Waals surface area contributed by atoms with Gasteiger partial charge in [0.25, 0.3) is 0 Å². The van der Waals surface area contributed by atoms with Crippen LogP contribution in [0, 0.1) is 5.82 Å². The maximum Gasteiger partial charge on any atom is 0.433 e. The van der Waals surface area contributed by atoms with Gasteiger partial charge in [0.2, 0.25) is 12.0 Å². The summed E-state index contributed by atoms with van der Waals surface area (Å²) in [5, 5.41) is 16.8. The van der Waals surface area contributed by atoms with Crippen LogP contribution in [0.1, 0.15) is 44.5 Å². The Morgan fingerprint density at radius 2 is 1.61 bits per heavy atom. The number of methoxy groups -OCH3 is 1. The molecule has 1 aromatic carbocycles. The SMILES string of the molecule is COc1ccc(Cc2c(O[C@@]3(O)O[C@H](COC(C)=O)[C@@H](OC(C)=O)[C@H](OC(C)=O)[C@H]3OC(C)=O)n[nH]c2C(F)(F)F)c(F)c1. The van der Waals surface area contributed by atoms with Gasteiger partial charge in [-0.3, -0.25) is 24.3 Å². The lowest BCUT2D eigenvalue weighted by atomic mass is 9.96. The Labute approximate surface area is 246 Å². The average Bonchev–Trinajstić information content (AvgIpc) is 3.29. The minimum atomic E-state index is -5.09. The number of carbonyl (C=O) groups is 4. The van der Waals surface area contributed by atoms with Crippen LogP contribution in [-0.2, 0) is 55.5 Å². The number of ether oxygens (including phenoxy) is 7. The molecule has 5 atom stereocenters. The van der Waals surface area contributed by atoms with Crippen LogP contribution in [0.2, 0.25) is 0 Å². The molecule has 1 aliphatic rings. The van der Waals surface area contributed by atoms with Gasteiger partial charge in [-0.1, -0.05) is 6.07 Å². The van der Waals surface area contributed by atoms with E-state index in [-0.39, 0.29) is 11.3 Å². The van der Waals surface area contributed by atoms with E-state index in [0.717, 1.165) is 39.8 Å². The summed E-state index contributed by atoms with van der Waals surface area (Å²) in [6.45, 7) is 2.97. The second-order valence-corrected chi connectivity index (χ2v) is 9.38. The molecule has 0 amide bonds. The van der Waals surface area contributed by atoms with E-state index in [9.17, 15) is 41.8 Å². The Morgan fingerprint density at radius 3 is 2.14 bits per heavy atom. The van der Waals surface area contributed by atoms with E-state index >= 15 is 0 Å². The number of hydrogen-bond acceptors (Lipinski definition) is 13. The third-order valence-electron chi connectivity index (χ3n) is 6.00. The highest BCUT2D eigenvalue weighted by atomic mass is 19.4. The van der Waals surface area contributed by atoms with Crippen molar-refractivity contribution >= 4 is 23.9 Å². The molecule has 0 bridgehead atoms. The minimum Gasteiger partial charge on any atom is -0.497 e. The monoisotopic (exact) mass is 636 g/mol. The second kappa shape index (κ2) is 13.5. The summed E-state index contributed by atoms with van der Waals surface area (Å²) in [4.78, 5) is 47.5. The van der Waals surface area contributed by atoms with E-state index in [4.69, 9.17) is 33.2 Å². The van der Waals surface area contributed by atoms with Gasteiger partial charge < -0.3 is 38.3 Å². The van der Waals surface area contributed by atoms with Crippen LogP contribution in [-0.4, -0.2) is 83.3 Å². The lowest BCUT2D eigenvalue weighted by molar-refractivity contribution is -0.422. The highest BCUT2D eigenvalue weighted by Gasteiger charge is 2.62. The zero-order valence-corrected chi connectivity index (χ0v) is 23.9. The van der Waals surface area contributed by atoms with Crippen LogP contribution >= 0.6 is 0 Å². The molecule has 2 heterocycles. The first-order valence-electron chi connectivity index (χ1n) is 12.7. The lowest BCUT2D eigenvalue weighted by Gasteiger charge is -2.47. The van der Waals surface area contributed by atoms with Crippen LogP contribution in [0.3, 0.4) is 0 Å². The number of nitrogens with one attached hydrogen (secondary N) is 1. The van der Waals surface area contributed by atoms with Crippen molar-refractivity contribution < 1.29 is 75.0 Å². The zero-order chi connectivity index (χ0) is 33.0. The van der Waals surface area contributed by atoms with Gasteiger partial charge in [0.15, 0.2) is 12.2 Å². The molecule has 242 valence electrons. The summed E-state index contributed by atoms with van der Waals surface area (Å²) in [6.07, 6.45) is -13.5. The van der Waals surface area contributed by atoms with E-state index in [2.05, 4.69) is 5.10 Å². The summed E-state index contributed by atoms with van der Waals surface area (Å²) in [6, 6.07) is 3.36. The van der Waals surface area contributed by atoms with E-state index in [1.807, 2.05) is 0 Å². The molecule has 0 radical (unpaired) electrons. The zero-order valence-electron chi connectivity index (χ0n) is 23.9. The molecule has 18 heteroatoms. The number of nitrogens with zero attached hydrogens (tertiary/aromatic N) is 1. The molecule has 1 saturated heterocycles. The lowest BCUT2D eigenvalue weighted by Crippen LogP contribution is -2.70. The quantitative estimate of drug-likeness (QED) is 0.167. The van der Waals surface area contributed by atoms with E-state index in [1.54, 1.807) is 5.10 Å². The van der Waals surface area contributed by atoms with E-state index < -0.39 is 96.4 Å². The summed E-state index contributed by atoms with van der Waals surface area (Å²) in [7, 11) is 1.26. The van der Waals surface area contributed by atoms with Crippen LogP contribution in [0.5, 0.6) is 11.6 Å². The largest absolute Gasteiger partial charge is 0.497 e. The van der Waals surface area contributed by atoms with Gasteiger partial charge in [-0.25, -0.2) is 4.39 Å². The van der Waals surface area contributed by atoms with E-state index in [0.29, 0.717) is 0 Å². The third kappa shape index (κ3) is 8.13. The van der Waals surface area contributed by atoms with Gasteiger partial charge in [-0.05, 0) is 11.6 Å². The summed E-state index contributed by atoms with van der Waals surface area (Å²) < 4.78 is 92.8. The van der Waals surface area contributed by atoms with E-state index in [1.165, 1.54) is 13.2 Å². The predicted octanol–water partition coefficient (Wildman–Crippen LogP) is 1.95. The molecule has 2 aromatic rings. The molecule has 1 aromatic heterocycles. The summed E-state index contributed by atoms with van der Waals surface area (Å²) in [5.41, 5.74) is -2.57. The smallest absolute Gasteiger partial charge is 0.433 e. The first-order valence-corrected chi connectivity index (χ1v) is 12.7. The fourth-order valence-electron chi connectivity index (χ4n) is 4.29. The van der Waals surface area contributed by atoms with Crippen molar-refractivity contribution in [3.63, 3.8) is 0 Å². The molecule has 0 spiro atoms. The number of halogens is 4.